The highest BCUT2D eigenvalue weighted by molar-refractivity contribution is 9.10. The van der Waals surface area contributed by atoms with Crippen molar-refractivity contribution >= 4 is 15.9 Å². The van der Waals surface area contributed by atoms with Crippen molar-refractivity contribution in [2.45, 2.75) is 28.7 Å². The predicted molar refractivity (Wildman–Crippen MR) is 45.1 cm³/mol. The van der Waals surface area contributed by atoms with E-state index >= 15 is 0 Å². The Kier molecular flexibility index (Phi) is 5.40. The van der Waals surface area contributed by atoms with Crippen LogP contribution in [0.25, 0.3) is 0 Å². The van der Waals surface area contributed by atoms with Gasteiger partial charge in [-0.3, -0.25) is 0 Å². The summed E-state index contributed by atoms with van der Waals surface area (Å²) in [7, 11) is 0. The van der Waals surface area contributed by atoms with E-state index in [1.165, 1.54) is 0 Å². The number of hydrogen-bond donors (Lipinski definition) is 0. The molecular formula is C7BrF13O. The Balaban J connectivity index is 5.95. The summed E-state index contributed by atoms with van der Waals surface area (Å²) in [6, 6.07) is -3.80. The molecule has 0 aromatic carbocycles. The van der Waals surface area contributed by atoms with Crippen LogP contribution in [0.3, 0.4) is 0 Å². The van der Waals surface area contributed by atoms with Crippen molar-refractivity contribution in [3.05, 3.63) is 12.1 Å². The molecule has 0 radical (unpaired) electrons. The standard InChI is InChI=1S/C7BrF13O/c8-6(18,19)4(14,15)3(12,13)5(16,17)7(20,21)22-2(11)1(9)10. The summed E-state index contributed by atoms with van der Waals surface area (Å²) < 4.78 is 162. The number of ether oxygens (including phenoxy) is 1. The molecule has 0 saturated carbocycles. The first-order valence-corrected chi connectivity index (χ1v) is 5.10. The fourth-order valence-corrected chi connectivity index (χ4v) is 1.02. The first-order chi connectivity index (χ1) is 9.33. The molecule has 0 aliphatic heterocycles. The summed E-state index contributed by atoms with van der Waals surface area (Å²) in [5.74, 6) is -22.2. The molecule has 0 aromatic heterocycles. The first-order valence-electron chi connectivity index (χ1n) is 4.30. The van der Waals surface area contributed by atoms with Crippen LogP contribution in [0.1, 0.15) is 0 Å². The van der Waals surface area contributed by atoms with Gasteiger partial charge < -0.3 is 4.74 Å². The Bertz CT molecular complexity index is 446. The zero-order valence-corrected chi connectivity index (χ0v) is 10.8. The topological polar surface area (TPSA) is 9.23 Å². The second-order valence-corrected chi connectivity index (χ2v) is 4.37. The summed E-state index contributed by atoms with van der Waals surface area (Å²) in [6.45, 7) is 0. The maximum absolute atomic E-state index is 12.7. The van der Waals surface area contributed by atoms with E-state index in [0.29, 0.717) is 15.9 Å². The number of alkyl halides is 11. The lowest BCUT2D eigenvalue weighted by Crippen LogP contribution is -2.66. The van der Waals surface area contributed by atoms with Gasteiger partial charge in [-0.05, 0) is 15.9 Å². The van der Waals surface area contributed by atoms with Crippen molar-refractivity contribution in [2.24, 2.45) is 0 Å². The summed E-state index contributed by atoms with van der Waals surface area (Å²) in [5, 5.41) is 0. The second kappa shape index (κ2) is 5.63. The monoisotopic (exact) mass is 426 g/mol. The van der Waals surface area contributed by atoms with Crippen LogP contribution < -0.4 is 0 Å². The van der Waals surface area contributed by atoms with Crippen LogP contribution >= 0.6 is 15.9 Å². The first kappa shape index (κ1) is 21.1. The molecule has 0 bridgehead atoms. The van der Waals surface area contributed by atoms with Crippen molar-refractivity contribution < 1.29 is 61.8 Å². The van der Waals surface area contributed by atoms with Crippen LogP contribution in [0.5, 0.6) is 0 Å². The van der Waals surface area contributed by atoms with Gasteiger partial charge in [0.05, 0.1) is 0 Å². The highest BCUT2D eigenvalue weighted by Crippen LogP contribution is 2.58. The molecule has 0 aliphatic rings. The van der Waals surface area contributed by atoms with Crippen molar-refractivity contribution in [3.8, 4) is 0 Å². The highest BCUT2D eigenvalue weighted by Gasteiger charge is 2.87. The quantitative estimate of drug-likeness (QED) is 0.308. The highest BCUT2D eigenvalue weighted by atomic mass is 79.9. The van der Waals surface area contributed by atoms with E-state index < -0.39 is 40.8 Å². The van der Waals surface area contributed by atoms with Gasteiger partial charge in [0.25, 0.3) is 0 Å². The molecule has 15 heteroatoms. The van der Waals surface area contributed by atoms with E-state index in [-0.39, 0.29) is 0 Å². The van der Waals surface area contributed by atoms with E-state index in [9.17, 15) is 57.1 Å². The molecule has 1 nitrogen and oxygen atoms in total. The van der Waals surface area contributed by atoms with Gasteiger partial charge in [0.1, 0.15) is 0 Å². The van der Waals surface area contributed by atoms with Gasteiger partial charge in [-0.25, -0.2) is 0 Å². The van der Waals surface area contributed by atoms with E-state index in [2.05, 4.69) is 0 Å². The minimum absolute atomic E-state index is 0.583. The van der Waals surface area contributed by atoms with Gasteiger partial charge in [-0.2, -0.15) is 57.1 Å². The van der Waals surface area contributed by atoms with Crippen molar-refractivity contribution in [1.82, 2.24) is 0 Å². The molecule has 0 amide bonds. The average molecular weight is 427 g/mol. The van der Waals surface area contributed by atoms with Crippen LogP contribution in [0.4, 0.5) is 57.1 Å². The summed E-state index contributed by atoms with van der Waals surface area (Å²) in [6.07, 6.45) is -10.8. The van der Waals surface area contributed by atoms with Crippen LogP contribution in [0.15, 0.2) is 12.1 Å². The summed E-state index contributed by atoms with van der Waals surface area (Å²) in [4.78, 5) is -6.11. The molecule has 0 fully saturated rings. The third-order valence-electron chi connectivity index (χ3n) is 1.88. The lowest BCUT2D eigenvalue weighted by atomic mass is 10.0. The summed E-state index contributed by atoms with van der Waals surface area (Å²) >= 11 is 0.583. The predicted octanol–water partition coefficient (Wildman–Crippen LogP) is 5.52. The lowest BCUT2D eigenvalue weighted by Gasteiger charge is -2.36. The maximum atomic E-state index is 12.7. The summed E-state index contributed by atoms with van der Waals surface area (Å²) in [5.41, 5.74) is 0. The molecule has 0 rings (SSSR count). The fourth-order valence-electron chi connectivity index (χ4n) is 0.773. The van der Waals surface area contributed by atoms with Gasteiger partial charge in [0.2, 0.25) is 0 Å². The van der Waals surface area contributed by atoms with Crippen molar-refractivity contribution in [3.63, 3.8) is 0 Å². The Morgan fingerprint density at radius 2 is 1.00 bits per heavy atom. The van der Waals surface area contributed by atoms with Crippen LogP contribution in [0, 0.1) is 0 Å². The van der Waals surface area contributed by atoms with E-state index in [0.717, 1.165) is 0 Å². The largest absolute Gasteiger partial charge is 0.472 e. The van der Waals surface area contributed by atoms with Crippen molar-refractivity contribution in [1.29, 1.82) is 0 Å². The normalized spacial score (nSPS) is 14.8. The molecular weight excluding hydrogens is 427 g/mol. The van der Waals surface area contributed by atoms with E-state index in [1.54, 1.807) is 0 Å². The smallest absolute Gasteiger partial charge is 0.397 e. The second-order valence-electron chi connectivity index (χ2n) is 3.37. The number of hydrogen-bond acceptors (Lipinski definition) is 1. The maximum Gasteiger partial charge on any atom is 0.472 e. The third kappa shape index (κ3) is 3.22. The van der Waals surface area contributed by atoms with E-state index in [1.807, 2.05) is 4.74 Å². The molecule has 0 aromatic rings. The van der Waals surface area contributed by atoms with Crippen LogP contribution in [0.2, 0.25) is 0 Å². The molecule has 0 saturated heterocycles. The average Bonchev–Trinajstić information content (AvgIpc) is 2.25. The van der Waals surface area contributed by atoms with Crippen LogP contribution in [-0.4, -0.2) is 28.7 Å². The minimum atomic E-state index is -7.54. The SMILES string of the molecule is FC(F)=C(F)OC(F)(F)C(F)(F)C(F)(F)C(F)(F)C(F)(F)Br. The minimum Gasteiger partial charge on any atom is -0.397 e. The Morgan fingerprint density at radius 1 is 0.636 bits per heavy atom. The molecule has 0 aliphatic carbocycles. The number of halogens is 14. The molecule has 0 N–H and O–H groups in total. The Labute approximate surface area is 119 Å². The Hall–Kier alpha value is -0.890. The molecule has 22 heavy (non-hydrogen) atoms. The van der Waals surface area contributed by atoms with E-state index in [4.69, 9.17) is 0 Å². The molecule has 0 atom stereocenters. The van der Waals surface area contributed by atoms with Gasteiger partial charge in [0, 0.05) is 0 Å². The van der Waals surface area contributed by atoms with Crippen LogP contribution in [-0.2, 0) is 4.74 Å². The molecule has 0 spiro atoms. The van der Waals surface area contributed by atoms with Crippen molar-refractivity contribution in [2.75, 3.05) is 0 Å². The lowest BCUT2D eigenvalue weighted by molar-refractivity contribution is -0.434. The zero-order valence-electron chi connectivity index (χ0n) is 9.20. The third-order valence-corrected chi connectivity index (χ3v) is 2.37. The zero-order chi connectivity index (χ0) is 18.4. The van der Waals surface area contributed by atoms with Gasteiger partial charge in [-0.1, -0.05) is 0 Å². The molecule has 132 valence electrons. The van der Waals surface area contributed by atoms with Gasteiger partial charge >= 0.3 is 40.8 Å². The van der Waals surface area contributed by atoms with Gasteiger partial charge in [0.15, 0.2) is 0 Å². The molecule has 0 unspecified atom stereocenters. The Morgan fingerprint density at radius 3 is 1.27 bits per heavy atom. The fraction of sp³-hybridized carbons (Fsp3) is 0.714. The number of rotatable bonds is 6. The molecule has 0 heterocycles. The van der Waals surface area contributed by atoms with Gasteiger partial charge in [-0.15, -0.1) is 0 Å².